The van der Waals surface area contributed by atoms with Crippen molar-refractivity contribution in [1.82, 2.24) is 10.2 Å². The molecule has 1 N–H and O–H groups in total. The first-order valence-corrected chi connectivity index (χ1v) is 7.82. The first-order valence-electron chi connectivity index (χ1n) is 7.82. The van der Waals surface area contributed by atoms with Crippen LogP contribution in [-0.2, 0) is 0 Å². The van der Waals surface area contributed by atoms with Gasteiger partial charge in [-0.15, -0.1) is 0 Å². The molecule has 100 valence electrons. The van der Waals surface area contributed by atoms with E-state index >= 15 is 0 Å². The van der Waals surface area contributed by atoms with Gasteiger partial charge < -0.3 is 5.32 Å². The molecule has 2 rings (SSSR count). The molecule has 2 fully saturated rings. The summed E-state index contributed by atoms with van der Waals surface area (Å²) in [6.45, 7) is 8.42. The molecule has 17 heavy (non-hydrogen) atoms. The van der Waals surface area contributed by atoms with Crippen LogP contribution in [0.1, 0.15) is 58.8 Å². The van der Waals surface area contributed by atoms with Crippen LogP contribution < -0.4 is 5.32 Å². The van der Waals surface area contributed by atoms with E-state index in [2.05, 4.69) is 24.1 Å². The lowest BCUT2D eigenvalue weighted by molar-refractivity contribution is 0.115. The molecule has 0 aromatic carbocycles. The SMILES string of the molecule is CCCC1CCC(NCC)C(N2CCCC2)C1. The van der Waals surface area contributed by atoms with Crippen molar-refractivity contribution >= 4 is 0 Å². The topological polar surface area (TPSA) is 15.3 Å². The highest BCUT2D eigenvalue weighted by atomic mass is 15.2. The summed E-state index contributed by atoms with van der Waals surface area (Å²) in [6, 6.07) is 1.61. The summed E-state index contributed by atoms with van der Waals surface area (Å²) in [5.41, 5.74) is 0. The van der Waals surface area contributed by atoms with Gasteiger partial charge >= 0.3 is 0 Å². The molecule has 1 heterocycles. The minimum Gasteiger partial charge on any atom is -0.313 e. The molecule has 2 aliphatic rings. The van der Waals surface area contributed by atoms with Crippen molar-refractivity contribution in [3.63, 3.8) is 0 Å². The molecule has 0 bridgehead atoms. The van der Waals surface area contributed by atoms with Crippen LogP contribution in [0.3, 0.4) is 0 Å². The summed E-state index contributed by atoms with van der Waals surface area (Å²) in [6.07, 6.45) is 9.97. The fourth-order valence-corrected chi connectivity index (χ4v) is 3.88. The molecule has 3 unspecified atom stereocenters. The van der Waals surface area contributed by atoms with Gasteiger partial charge in [0.15, 0.2) is 0 Å². The molecular weight excluding hydrogens is 208 g/mol. The van der Waals surface area contributed by atoms with Crippen LogP contribution in [0.25, 0.3) is 0 Å². The molecule has 1 saturated heterocycles. The van der Waals surface area contributed by atoms with Gasteiger partial charge in [0, 0.05) is 12.1 Å². The van der Waals surface area contributed by atoms with Crippen molar-refractivity contribution < 1.29 is 0 Å². The van der Waals surface area contributed by atoms with E-state index in [-0.39, 0.29) is 0 Å². The minimum atomic E-state index is 0.770. The first-order chi connectivity index (χ1) is 8.35. The zero-order valence-electron chi connectivity index (χ0n) is 11.8. The van der Waals surface area contributed by atoms with Crippen molar-refractivity contribution in [3.05, 3.63) is 0 Å². The molecule has 0 amide bonds. The molecule has 0 spiro atoms. The van der Waals surface area contributed by atoms with Gasteiger partial charge in [-0.05, 0) is 57.7 Å². The largest absolute Gasteiger partial charge is 0.313 e. The van der Waals surface area contributed by atoms with E-state index in [1.54, 1.807) is 0 Å². The Hall–Kier alpha value is -0.0800. The summed E-state index contributed by atoms with van der Waals surface area (Å²) < 4.78 is 0. The molecule has 1 saturated carbocycles. The zero-order valence-corrected chi connectivity index (χ0v) is 11.8. The Morgan fingerprint density at radius 2 is 1.88 bits per heavy atom. The monoisotopic (exact) mass is 238 g/mol. The Kier molecular flexibility index (Phi) is 5.30. The average Bonchev–Trinajstić information content (AvgIpc) is 2.85. The van der Waals surface area contributed by atoms with Crippen LogP contribution in [0.4, 0.5) is 0 Å². The number of nitrogens with zero attached hydrogens (tertiary/aromatic N) is 1. The molecule has 1 aliphatic heterocycles. The van der Waals surface area contributed by atoms with Gasteiger partial charge in [-0.1, -0.05) is 26.7 Å². The van der Waals surface area contributed by atoms with Crippen LogP contribution in [0, 0.1) is 5.92 Å². The molecule has 0 aromatic rings. The van der Waals surface area contributed by atoms with Crippen molar-refractivity contribution in [3.8, 4) is 0 Å². The third-order valence-electron chi connectivity index (χ3n) is 4.70. The van der Waals surface area contributed by atoms with Crippen molar-refractivity contribution in [2.24, 2.45) is 5.92 Å². The Bertz CT molecular complexity index is 211. The molecule has 0 radical (unpaired) electrons. The first kappa shape index (κ1) is 13.4. The van der Waals surface area contributed by atoms with Gasteiger partial charge in [0.05, 0.1) is 0 Å². The molecule has 1 aliphatic carbocycles. The van der Waals surface area contributed by atoms with Crippen LogP contribution in [0.15, 0.2) is 0 Å². The van der Waals surface area contributed by atoms with Gasteiger partial charge in [-0.3, -0.25) is 4.90 Å². The second-order valence-electron chi connectivity index (χ2n) is 5.94. The second kappa shape index (κ2) is 6.75. The number of hydrogen-bond donors (Lipinski definition) is 1. The van der Waals surface area contributed by atoms with Crippen LogP contribution in [0.2, 0.25) is 0 Å². The summed E-state index contributed by atoms with van der Waals surface area (Å²) in [7, 11) is 0. The van der Waals surface area contributed by atoms with E-state index in [0.29, 0.717) is 0 Å². The minimum absolute atomic E-state index is 0.770. The number of rotatable bonds is 5. The van der Waals surface area contributed by atoms with E-state index in [1.807, 2.05) is 0 Å². The number of likely N-dealkylation sites (N-methyl/N-ethyl adjacent to an activating group) is 1. The normalized spacial score (nSPS) is 35.3. The van der Waals surface area contributed by atoms with Gasteiger partial charge in [0.1, 0.15) is 0 Å². The highest BCUT2D eigenvalue weighted by Crippen LogP contribution is 2.32. The summed E-state index contributed by atoms with van der Waals surface area (Å²) in [5, 5.41) is 3.73. The highest BCUT2D eigenvalue weighted by Gasteiger charge is 2.34. The maximum absolute atomic E-state index is 3.73. The fraction of sp³-hybridized carbons (Fsp3) is 1.00. The van der Waals surface area contributed by atoms with E-state index < -0.39 is 0 Å². The van der Waals surface area contributed by atoms with E-state index in [1.165, 1.54) is 58.0 Å². The average molecular weight is 238 g/mol. The third kappa shape index (κ3) is 3.45. The van der Waals surface area contributed by atoms with E-state index in [4.69, 9.17) is 0 Å². The van der Waals surface area contributed by atoms with Crippen molar-refractivity contribution in [1.29, 1.82) is 0 Å². The van der Waals surface area contributed by atoms with Crippen LogP contribution in [0.5, 0.6) is 0 Å². The van der Waals surface area contributed by atoms with Crippen LogP contribution >= 0.6 is 0 Å². The second-order valence-corrected chi connectivity index (χ2v) is 5.94. The maximum atomic E-state index is 3.73. The highest BCUT2D eigenvalue weighted by molar-refractivity contribution is 4.92. The van der Waals surface area contributed by atoms with E-state index in [9.17, 15) is 0 Å². The molecular formula is C15H30N2. The number of nitrogens with one attached hydrogen (secondary N) is 1. The van der Waals surface area contributed by atoms with Gasteiger partial charge in [-0.2, -0.15) is 0 Å². The zero-order chi connectivity index (χ0) is 12.1. The molecule has 2 nitrogen and oxygen atoms in total. The standard InChI is InChI=1S/C15H30N2/c1-3-7-13-8-9-14(16-4-2)15(12-13)17-10-5-6-11-17/h13-16H,3-12H2,1-2H3. The lowest BCUT2D eigenvalue weighted by atomic mass is 9.79. The number of hydrogen-bond acceptors (Lipinski definition) is 2. The Labute approximate surface area is 107 Å². The van der Waals surface area contributed by atoms with Gasteiger partial charge in [0.25, 0.3) is 0 Å². The predicted molar refractivity (Wildman–Crippen MR) is 74.3 cm³/mol. The fourth-order valence-electron chi connectivity index (χ4n) is 3.88. The Morgan fingerprint density at radius 3 is 2.53 bits per heavy atom. The molecule has 3 atom stereocenters. The Morgan fingerprint density at radius 1 is 1.12 bits per heavy atom. The quantitative estimate of drug-likeness (QED) is 0.792. The Balaban J connectivity index is 1.93. The van der Waals surface area contributed by atoms with Crippen molar-refractivity contribution in [2.45, 2.75) is 70.9 Å². The maximum Gasteiger partial charge on any atom is 0.0251 e. The lowest BCUT2D eigenvalue weighted by Gasteiger charge is -2.41. The van der Waals surface area contributed by atoms with E-state index in [0.717, 1.165) is 24.5 Å². The lowest BCUT2D eigenvalue weighted by Crippen LogP contribution is -2.52. The predicted octanol–water partition coefficient (Wildman–Crippen LogP) is 3.03. The van der Waals surface area contributed by atoms with Crippen molar-refractivity contribution in [2.75, 3.05) is 19.6 Å². The van der Waals surface area contributed by atoms with Gasteiger partial charge in [0.2, 0.25) is 0 Å². The molecule has 2 heteroatoms. The summed E-state index contributed by atoms with van der Waals surface area (Å²) >= 11 is 0. The smallest absolute Gasteiger partial charge is 0.0251 e. The molecule has 0 aromatic heterocycles. The third-order valence-corrected chi connectivity index (χ3v) is 4.70. The van der Waals surface area contributed by atoms with Crippen LogP contribution in [-0.4, -0.2) is 36.6 Å². The summed E-state index contributed by atoms with van der Waals surface area (Å²) in [5.74, 6) is 1.00. The summed E-state index contributed by atoms with van der Waals surface area (Å²) in [4.78, 5) is 2.77. The number of likely N-dealkylation sites (tertiary alicyclic amines) is 1. The van der Waals surface area contributed by atoms with Gasteiger partial charge in [-0.25, -0.2) is 0 Å².